The maximum atomic E-state index is 14.7. The fourth-order valence-electron chi connectivity index (χ4n) is 5.62. The molecule has 4 nitrogen and oxygen atoms in total. The van der Waals surface area contributed by atoms with Gasteiger partial charge in [0.15, 0.2) is 17.7 Å². The van der Waals surface area contributed by atoms with Crippen LogP contribution >= 0.6 is 11.3 Å². The molecule has 0 N–H and O–H groups in total. The molecule has 184 valence electrons. The van der Waals surface area contributed by atoms with E-state index < -0.39 is 23.5 Å². The Labute approximate surface area is 207 Å². The molecule has 1 amide bonds. The Morgan fingerprint density at radius 3 is 2.49 bits per heavy atom. The summed E-state index contributed by atoms with van der Waals surface area (Å²) in [6.45, 7) is 4.94. The van der Waals surface area contributed by atoms with Crippen molar-refractivity contribution < 1.29 is 27.2 Å². The van der Waals surface area contributed by atoms with Crippen LogP contribution in [0.3, 0.4) is 0 Å². The molecule has 3 aliphatic heterocycles. The number of rotatable bonds is 6. The van der Waals surface area contributed by atoms with Crippen LogP contribution < -0.4 is 4.90 Å². The number of hydrogen-bond donors (Lipinski definition) is 0. The zero-order valence-electron chi connectivity index (χ0n) is 19.5. The molecule has 3 aliphatic rings. The number of piperidine rings is 3. The van der Waals surface area contributed by atoms with Gasteiger partial charge in [-0.15, -0.1) is 0 Å². The van der Waals surface area contributed by atoms with Crippen LogP contribution in [0.2, 0.25) is 0 Å². The van der Waals surface area contributed by atoms with Gasteiger partial charge < -0.3 is 9.22 Å². The fraction of sp³-hybridized carbons (Fsp3) is 0.370. The number of amides is 1. The van der Waals surface area contributed by atoms with Crippen molar-refractivity contribution in [3.8, 4) is 0 Å². The van der Waals surface area contributed by atoms with Crippen LogP contribution in [-0.2, 0) is 11.3 Å². The molecular weight excluding hydrogens is 473 g/mol. The van der Waals surface area contributed by atoms with Crippen LogP contribution in [-0.4, -0.2) is 36.3 Å². The highest BCUT2D eigenvalue weighted by atomic mass is 32.1. The topological polar surface area (TPSA) is 29.5 Å². The number of hydrogen-bond acceptors (Lipinski definition) is 3. The predicted octanol–water partition coefficient (Wildman–Crippen LogP) is 6.68. The van der Waals surface area contributed by atoms with Crippen LogP contribution in [0.25, 0.3) is 0 Å². The molecule has 0 radical (unpaired) electrons. The van der Waals surface area contributed by atoms with Crippen LogP contribution in [0.5, 0.6) is 0 Å². The lowest BCUT2D eigenvalue weighted by Gasteiger charge is -2.55. The average molecular weight is 502 g/mol. The fourth-order valence-corrected chi connectivity index (χ4v) is 6.28. The smallest absolute Gasteiger partial charge is 0.415 e. The number of benzene rings is 2. The molecule has 4 heterocycles. The van der Waals surface area contributed by atoms with Gasteiger partial charge in [0, 0.05) is 36.5 Å². The molecule has 3 saturated heterocycles. The van der Waals surface area contributed by atoms with Crippen molar-refractivity contribution >= 4 is 23.1 Å². The molecular formula is C27H28F3N2O2S+. The second-order valence-corrected chi connectivity index (χ2v) is 10.4. The number of fused-ring (bicyclic) bond motifs is 3. The Bertz CT molecular complexity index is 1180. The molecule has 3 fully saturated rings. The van der Waals surface area contributed by atoms with E-state index in [4.69, 9.17) is 4.74 Å². The van der Waals surface area contributed by atoms with Crippen molar-refractivity contribution in [3.63, 3.8) is 0 Å². The molecule has 2 atom stereocenters. The van der Waals surface area contributed by atoms with Crippen molar-refractivity contribution in [1.82, 2.24) is 0 Å². The van der Waals surface area contributed by atoms with E-state index in [0.717, 1.165) is 46.9 Å². The molecule has 1 unspecified atom stereocenters. The highest BCUT2D eigenvalue weighted by molar-refractivity contribution is 7.07. The number of carbonyl (C=O) groups excluding carboxylic acids is 1. The quantitative estimate of drug-likeness (QED) is 0.279. The zero-order valence-corrected chi connectivity index (χ0v) is 20.3. The summed E-state index contributed by atoms with van der Waals surface area (Å²) in [5, 5.41) is 3.67. The highest BCUT2D eigenvalue weighted by Crippen LogP contribution is 2.42. The number of ether oxygens (including phenoxy) is 1. The number of quaternary nitrogens is 1. The van der Waals surface area contributed by atoms with Gasteiger partial charge in [0.2, 0.25) is 0 Å². The summed E-state index contributed by atoms with van der Waals surface area (Å²) in [4.78, 5) is 14.5. The standard InChI is InChI=1S/C27H28F3N2O2S/c1-18(20-5-3-2-4-6-20)32-10-7-21(8-11-32)26(16-32)34-27(33)31(15-19-9-12-35-17-19)25-14-23(29)22(28)13-24(25)30/h2-6,9,12-14,17-18,21,26H,7-8,10-11,15-16H2,1H3/q+1/t18?,21?,26-,32?/m0/s1. The maximum absolute atomic E-state index is 14.7. The van der Waals surface area contributed by atoms with E-state index in [1.54, 1.807) is 6.07 Å². The summed E-state index contributed by atoms with van der Waals surface area (Å²) in [6, 6.07) is 13.6. The van der Waals surface area contributed by atoms with Gasteiger partial charge in [0.1, 0.15) is 18.4 Å². The minimum absolute atomic E-state index is 0.00211. The van der Waals surface area contributed by atoms with Crippen molar-refractivity contribution in [1.29, 1.82) is 0 Å². The summed E-state index contributed by atoms with van der Waals surface area (Å²) >= 11 is 1.44. The maximum Gasteiger partial charge on any atom is 0.415 e. The lowest BCUT2D eigenvalue weighted by molar-refractivity contribution is -0.972. The summed E-state index contributed by atoms with van der Waals surface area (Å²) in [7, 11) is 0. The Hall–Kier alpha value is -2.84. The van der Waals surface area contributed by atoms with Crippen LogP contribution in [0.1, 0.15) is 36.9 Å². The molecule has 0 saturated carbocycles. The molecule has 2 bridgehead atoms. The number of carbonyl (C=O) groups is 1. The minimum Gasteiger partial charge on any atom is -0.440 e. The van der Waals surface area contributed by atoms with E-state index in [1.165, 1.54) is 16.9 Å². The third kappa shape index (κ3) is 4.69. The summed E-state index contributed by atoms with van der Waals surface area (Å²) in [5.74, 6) is -3.28. The van der Waals surface area contributed by atoms with Gasteiger partial charge in [0.25, 0.3) is 0 Å². The van der Waals surface area contributed by atoms with Crippen LogP contribution in [0.4, 0.5) is 23.7 Å². The summed E-state index contributed by atoms with van der Waals surface area (Å²) < 4.78 is 49.2. The van der Waals surface area contributed by atoms with Gasteiger partial charge in [-0.25, -0.2) is 18.0 Å². The predicted molar refractivity (Wildman–Crippen MR) is 130 cm³/mol. The normalized spacial score (nSPS) is 24.2. The molecule has 3 aromatic rings. The van der Waals surface area contributed by atoms with Crippen molar-refractivity contribution in [2.75, 3.05) is 24.5 Å². The molecule has 0 spiro atoms. The number of halogens is 3. The number of thiophene rings is 1. The third-order valence-electron chi connectivity index (χ3n) is 7.74. The third-order valence-corrected chi connectivity index (χ3v) is 8.47. The van der Waals surface area contributed by atoms with Gasteiger partial charge in [-0.3, -0.25) is 4.90 Å². The lowest BCUT2D eigenvalue weighted by atomic mass is 9.81. The van der Waals surface area contributed by atoms with Crippen molar-refractivity contribution in [3.05, 3.63) is 87.9 Å². The van der Waals surface area contributed by atoms with Gasteiger partial charge >= 0.3 is 6.09 Å². The first-order chi connectivity index (χ1) is 16.9. The average Bonchev–Trinajstić information content (AvgIpc) is 3.39. The Kier molecular flexibility index (Phi) is 6.59. The van der Waals surface area contributed by atoms with Gasteiger partial charge in [-0.2, -0.15) is 11.3 Å². The van der Waals surface area contributed by atoms with E-state index >= 15 is 0 Å². The first kappa shape index (κ1) is 23.9. The molecule has 0 aliphatic carbocycles. The van der Waals surface area contributed by atoms with Crippen molar-refractivity contribution in [2.45, 2.75) is 38.5 Å². The second-order valence-electron chi connectivity index (χ2n) is 9.63. The molecule has 8 heteroatoms. The van der Waals surface area contributed by atoms with Crippen LogP contribution in [0.15, 0.2) is 59.3 Å². The first-order valence-electron chi connectivity index (χ1n) is 11.9. The monoisotopic (exact) mass is 501 g/mol. The summed E-state index contributed by atoms with van der Waals surface area (Å²) in [6.07, 6.45) is 0.818. The van der Waals surface area contributed by atoms with E-state index in [2.05, 4.69) is 19.1 Å². The number of nitrogens with zero attached hydrogens (tertiary/aromatic N) is 2. The molecule has 35 heavy (non-hydrogen) atoms. The van der Waals surface area contributed by atoms with E-state index in [0.29, 0.717) is 12.6 Å². The first-order valence-corrected chi connectivity index (χ1v) is 12.8. The lowest BCUT2D eigenvalue weighted by Crippen LogP contribution is -2.65. The Balaban J connectivity index is 1.39. The summed E-state index contributed by atoms with van der Waals surface area (Å²) in [5.41, 5.74) is 1.68. The highest BCUT2D eigenvalue weighted by Gasteiger charge is 2.50. The largest absolute Gasteiger partial charge is 0.440 e. The Morgan fingerprint density at radius 2 is 1.80 bits per heavy atom. The SMILES string of the molecule is CC(c1ccccc1)[N+]12CCC(CC1)[C@@H](OC(=O)N(Cc1ccsc1)c1cc(F)c(F)cc1F)C2. The zero-order chi connectivity index (χ0) is 24.6. The van der Waals surface area contributed by atoms with E-state index in [9.17, 15) is 18.0 Å². The van der Waals surface area contributed by atoms with Crippen LogP contribution in [0, 0.1) is 23.4 Å². The Morgan fingerprint density at radius 1 is 1.09 bits per heavy atom. The molecule has 1 aromatic heterocycles. The van der Waals surface area contributed by atoms with Gasteiger partial charge in [-0.05, 0) is 29.3 Å². The van der Waals surface area contributed by atoms with E-state index in [1.807, 2.05) is 29.0 Å². The number of anilines is 1. The van der Waals surface area contributed by atoms with Gasteiger partial charge in [0.05, 0.1) is 25.3 Å². The molecule has 6 rings (SSSR count). The van der Waals surface area contributed by atoms with Gasteiger partial charge in [-0.1, -0.05) is 30.3 Å². The second kappa shape index (κ2) is 9.66. The van der Waals surface area contributed by atoms with E-state index in [-0.39, 0.29) is 30.3 Å². The molecule has 2 aromatic carbocycles. The minimum atomic E-state index is -1.30. The van der Waals surface area contributed by atoms with Crippen molar-refractivity contribution in [2.24, 2.45) is 5.92 Å².